The summed E-state index contributed by atoms with van der Waals surface area (Å²) in [6, 6.07) is 24.4. The maximum absolute atomic E-state index is 13.8. The topological polar surface area (TPSA) is 82.2 Å². The van der Waals surface area contributed by atoms with Crippen molar-refractivity contribution in [3.8, 4) is 11.1 Å². The molecule has 5 rings (SSSR count). The molecule has 2 N–H and O–H groups in total. The monoisotopic (exact) mass is 501 g/mol. The van der Waals surface area contributed by atoms with Gasteiger partial charge in [0, 0.05) is 23.8 Å². The largest absolute Gasteiger partial charge is 0.369 e. The minimum atomic E-state index is -1.21. The third-order valence-electron chi connectivity index (χ3n) is 6.82. The van der Waals surface area contributed by atoms with Crippen LogP contribution in [0.4, 0.5) is 10.5 Å². The van der Waals surface area contributed by atoms with E-state index < -0.39 is 5.54 Å². The fraction of sp³-hybridized carbons (Fsp3) is 0.250. The Morgan fingerprint density at radius 1 is 1.00 bits per heavy atom. The Balaban J connectivity index is 1.45. The lowest BCUT2D eigenvalue weighted by Crippen LogP contribution is -2.52. The van der Waals surface area contributed by atoms with E-state index in [1.165, 1.54) is 4.90 Å². The molecule has 8 heteroatoms. The van der Waals surface area contributed by atoms with Gasteiger partial charge in [0.1, 0.15) is 6.67 Å². The second kappa shape index (κ2) is 9.66. The predicted octanol–water partition coefficient (Wildman–Crippen LogP) is 5.06. The maximum atomic E-state index is 13.8. The fourth-order valence-corrected chi connectivity index (χ4v) is 4.97. The normalized spacial score (nSPS) is 19.5. The van der Waals surface area contributed by atoms with Crippen molar-refractivity contribution >= 4 is 35.2 Å². The molecule has 2 heterocycles. The molecule has 0 aromatic heterocycles. The summed E-state index contributed by atoms with van der Waals surface area (Å²) in [6.45, 7) is 3.15. The molecule has 1 saturated heterocycles. The summed E-state index contributed by atoms with van der Waals surface area (Å²) in [6.07, 6.45) is 1.95. The number of carbonyl (C=O) groups is 2. The summed E-state index contributed by atoms with van der Waals surface area (Å²) in [5, 5.41) is 0.637. The van der Waals surface area contributed by atoms with Crippen LogP contribution in [0.1, 0.15) is 25.3 Å². The number of rotatable bonds is 5. The molecule has 0 aliphatic carbocycles. The van der Waals surface area contributed by atoms with Crippen LogP contribution in [-0.2, 0) is 10.3 Å². The highest BCUT2D eigenvalue weighted by molar-refractivity contribution is 6.30. The number of nitrogens with two attached hydrogens (primary N) is 1. The summed E-state index contributed by atoms with van der Waals surface area (Å²) in [4.78, 5) is 36.6. The Hall–Kier alpha value is -3.84. The first kappa shape index (κ1) is 23.9. The molecule has 3 aromatic rings. The van der Waals surface area contributed by atoms with Gasteiger partial charge in [-0.05, 0) is 66.8 Å². The van der Waals surface area contributed by atoms with Crippen LogP contribution in [0.3, 0.4) is 0 Å². The average molecular weight is 502 g/mol. The van der Waals surface area contributed by atoms with Gasteiger partial charge < -0.3 is 10.6 Å². The van der Waals surface area contributed by atoms with Gasteiger partial charge in [-0.2, -0.15) is 0 Å². The minimum Gasteiger partial charge on any atom is -0.369 e. The van der Waals surface area contributed by atoms with Crippen LogP contribution in [0.25, 0.3) is 11.1 Å². The van der Waals surface area contributed by atoms with Crippen molar-refractivity contribution in [1.82, 2.24) is 9.80 Å². The standard InChI is InChI=1S/C28H28ClN5O2/c1-28(22-11-7-9-20(17-22)21-10-8-12-23(29)18-21)25(35)34(26(30)31-28)19-33(24-13-3-2-4-14-24)27(36)32-15-5-6-16-32/h2-4,7-14,17-18H,5-6,15-16,19H2,1H3,(H2,30,31). The first-order valence-corrected chi connectivity index (χ1v) is 12.4. The highest BCUT2D eigenvalue weighted by Gasteiger charge is 2.46. The molecule has 3 aromatic carbocycles. The number of benzene rings is 3. The summed E-state index contributed by atoms with van der Waals surface area (Å²) in [7, 11) is 0. The van der Waals surface area contributed by atoms with Gasteiger partial charge in [0.05, 0.1) is 0 Å². The number of likely N-dealkylation sites (tertiary alicyclic amines) is 1. The van der Waals surface area contributed by atoms with Crippen LogP contribution in [-0.4, -0.2) is 47.5 Å². The number of amides is 3. The first-order valence-electron chi connectivity index (χ1n) is 12.0. The van der Waals surface area contributed by atoms with Crippen LogP contribution in [0.5, 0.6) is 0 Å². The Labute approximate surface area is 215 Å². The molecule has 0 bridgehead atoms. The van der Waals surface area contributed by atoms with E-state index in [1.807, 2.05) is 83.8 Å². The molecule has 2 aliphatic rings. The van der Waals surface area contributed by atoms with Crippen LogP contribution >= 0.6 is 11.6 Å². The summed E-state index contributed by atoms with van der Waals surface area (Å²) >= 11 is 6.19. The second-order valence-corrected chi connectivity index (χ2v) is 9.68. The van der Waals surface area contributed by atoms with Gasteiger partial charge in [0.25, 0.3) is 5.91 Å². The van der Waals surface area contributed by atoms with Gasteiger partial charge >= 0.3 is 6.03 Å². The van der Waals surface area contributed by atoms with Gasteiger partial charge in [0.2, 0.25) is 5.96 Å². The molecular formula is C28H28ClN5O2. The van der Waals surface area contributed by atoms with Gasteiger partial charge in [0.15, 0.2) is 5.54 Å². The molecule has 0 saturated carbocycles. The number of guanidine groups is 1. The zero-order valence-electron chi connectivity index (χ0n) is 20.1. The summed E-state index contributed by atoms with van der Waals surface area (Å²) in [5.41, 5.74) is 8.39. The van der Waals surface area contributed by atoms with E-state index in [0.29, 0.717) is 29.4 Å². The van der Waals surface area contributed by atoms with E-state index in [9.17, 15) is 9.59 Å². The molecular weight excluding hydrogens is 474 g/mol. The van der Waals surface area contributed by atoms with Crippen molar-refractivity contribution in [2.75, 3.05) is 24.7 Å². The summed E-state index contributed by atoms with van der Waals surface area (Å²) < 4.78 is 0. The predicted molar refractivity (Wildman–Crippen MR) is 143 cm³/mol. The fourth-order valence-electron chi connectivity index (χ4n) is 4.78. The van der Waals surface area contributed by atoms with Crippen LogP contribution < -0.4 is 10.6 Å². The van der Waals surface area contributed by atoms with Gasteiger partial charge in [-0.15, -0.1) is 0 Å². The lowest BCUT2D eigenvalue weighted by molar-refractivity contribution is -0.130. The van der Waals surface area contributed by atoms with Crippen LogP contribution in [0.15, 0.2) is 83.9 Å². The number of aliphatic imine (C=N–C) groups is 1. The number of anilines is 1. The van der Waals surface area contributed by atoms with Crippen molar-refractivity contribution < 1.29 is 9.59 Å². The molecule has 7 nitrogen and oxygen atoms in total. The number of hydrogen-bond donors (Lipinski definition) is 1. The Kier molecular flexibility index (Phi) is 6.41. The lowest BCUT2D eigenvalue weighted by Gasteiger charge is -2.32. The van der Waals surface area contributed by atoms with E-state index in [4.69, 9.17) is 17.3 Å². The number of halogens is 1. The van der Waals surface area contributed by atoms with Gasteiger partial charge in [-0.3, -0.25) is 14.6 Å². The third-order valence-corrected chi connectivity index (χ3v) is 7.05. The highest BCUT2D eigenvalue weighted by Crippen LogP contribution is 2.35. The van der Waals surface area contributed by atoms with E-state index in [2.05, 4.69) is 4.99 Å². The van der Waals surface area contributed by atoms with Crippen molar-refractivity contribution in [2.45, 2.75) is 25.3 Å². The van der Waals surface area contributed by atoms with E-state index >= 15 is 0 Å². The molecule has 3 amide bonds. The SMILES string of the molecule is CC1(c2cccc(-c3cccc(Cl)c3)c2)N=C(N)N(CN(C(=O)N2CCCC2)c2ccccc2)C1=O. The molecule has 2 aliphatic heterocycles. The number of hydrogen-bond acceptors (Lipinski definition) is 4. The second-order valence-electron chi connectivity index (χ2n) is 9.25. The lowest BCUT2D eigenvalue weighted by atomic mass is 9.89. The summed E-state index contributed by atoms with van der Waals surface area (Å²) in [5.74, 6) is -0.191. The van der Waals surface area contributed by atoms with Crippen molar-refractivity contribution in [2.24, 2.45) is 10.7 Å². The third kappa shape index (κ3) is 4.42. The minimum absolute atomic E-state index is 0.0168. The zero-order valence-corrected chi connectivity index (χ0v) is 20.9. The van der Waals surface area contributed by atoms with Crippen LogP contribution in [0.2, 0.25) is 5.02 Å². The van der Waals surface area contributed by atoms with Crippen molar-refractivity contribution in [3.05, 3.63) is 89.4 Å². The molecule has 1 fully saturated rings. The molecule has 0 spiro atoms. The highest BCUT2D eigenvalue weighted by atomic mass is 35.5. The van der Waals surface area contributed by atoms with Crippen molar-refractivity contribution in [3.63, 3.8) is 0 Å². The van der Waals surface area contributed by atoms with E-state index in [1.54, 1.807) is 11.8 Å². The van der Waals surface area contributed by atoms with E-state index in [0.717, 1.165) is 24.0 Å². The van der Waals surface area contributed by atoms with Crippen molar-refractivity contribution in [1.29, 1.82) is 0 Å². The molecule has 184 valence electrons. The Morgan fingerprint density at radius 2 is 1.67 bits per heavy atom. The first-order chi connectivity index (χ1) is 17.4. The van der Waals surface area contributed by atoms with Crippen LogP contribution in [0, 0.1) is 0 Å². The Bertz CT molecular complexity index is 1320. The number of para-hydroxylation sites is 1. The smallest absolute Gasteiger partial charge is 0.325 e. The average Bonchev–Trinajstić information content (AvgIpc) is 3.51. The number of carbonyl (C=O) groups excluding carboxylic acids is 2. The maximum Gasteiger partial charge on any atom is 0.325 e. The molecule has 1 unspecified atom stereocenters. The Morgan fingerprint density at radius 3 is 2.36 bits per heavy atom. The quantitative estimate of drug-likeness (QED) is 0.530. The van der Waals surface area contributed by atoms with Gasteiger partial charge in [-0.1, -0.05) is 60.1 Å². The molecule has 1 atom stereocenters. The van der Waals surface area contributed by atoms with E-state index in [-0.39, 0.29) is 24.6 Å². The van der Waals surface area contributed by atoms with Gasteiger partial charge in [-0.25, -0.2) is 9.79 Å². The molecule has 36 heavy (non-hydrogen) atoms. The number of nitrogens with zero attached hydrogens (tertiary/aromatic N) is 4. The number of urea groups is 1. The molecule has 0 radical (unpaired) electrons. The zero-order chi connectivity index (χ0) is 25.3.